The summed E-state index contributed by atoms with van der Waals surface area (Å²) in [5.41, 5.74) is 2.43. The minimum Gasteiger partial charge on any atom is -0.273 e. The molecule has 2 fully saturated rings. The molecule has 5 nitrogen and oxygen atoms in total. The number of hydrogen-bond acceptors (Lipinski definition) is 4. The second-order valence-electron chi connectivity index (χ2n) is 7.71. The Morgan fingerprint density at radius 1 is 0.963 bits per heavy atom. The summed E-state index contributed by atoms with van der Waals surface area (Å²) in [5.74, 6) is -0.548. The maximum Gasteiger partial charge on any atom is 0.266 e. The molecule has 2 aromatic carbocycles. The van der Waals surface area contributed by atoms with Crippen LogP contribution in [0.15, 0.2) is 54.6 Å². The highest BCUT2D eigenvalue weighted by molar-refractivity contribution is 6.24. The molecule has 2 heterocycles. The first-order valence-corrected chi connectivity index (χ1v) is 9.43. The van der Waals surface area contributed by atoms with Crippen molar-refractivity contribution in [2.75, 3.05) is 9.96 Å². The maximum atomic E-state index is 13.3. The molecule has 0 N–H and O–H groups in total. The Morgan fingerprint density at radius 2 is 1.63 bits per heavy atom. The van der Waals surface area contributed by atoms with Gasteiger partial charge in [0.15, 0.2) is 6.10 Å². The van der Waals surface area contributed by atoms with E-state index in [0.29, 0.717) is 11.6 Å². The molecule has 140 valence electrons. The fraction of sp³-hybridized carbons (Fsp3) is 0.364. The first-order valence-electron chi connectivity index (χ1n) is 9.43. The summed E-state index contributed by atoms with van der Waals surface area (Å²) in [5, 5.41) is 1.78. The first kappa shape index (κ1) is 17.7. The number of benzene rings is 2. The molecule has 2 aliphatic rings. The van der Waals surface area contributed by atoms with Gasteiger partial charge in [-0.15, -0.1) is 0 Å². The fourth-order valence-corrected chi connectivity index (χ4v) is 4.10. The van der Waals surface area contributed by atoms with E-state index in [1.807, 2.05) is 61.5 Å². The number of amides is 2. The molecule has 5 heteroatoms. The van der Waals surface area contributed by atoms with Crippen LogP contribution in [0.2, 0.25) is 0 Å². The zero-order chi connectivity index (χ0) is 19.1. The maximum absolute atomic E-state index is 13.3. The number of aryl methyl sites for hydroxylation is 1. The summed E-state index contributed by atoms with van der Waals surface area (Å²) in [6.45, 7) is 6.15. The highest BCUT2D eigenvalue weighted by Crippen LogP contribution is 2.42. The number of para-hydroxylation sites is 2. The number of hydrogen-bond donors (Lipinski definition) is 0. The van der Waals surface area contributed by atoms with E-state index in [-0.39, 0.29) is 17.9 Å². The molecule has 0 spiro atoms. The van der Waals surface area contributed by atoms with E-state index in [9.17, 15) is 9.59 Å². The molecular weight excluding hydrogens is 340 g/mol. The third kappa shape index (κ3) is 2.92. The van der Waals surface area contributed by atoms with Crippen molar-refractivity contribution in [2.24, 2.45) is 11.8 Å². The van der Waals surface area contributed by atoms with Gasteiger partial charge in [0, 0.05) is 0 Å². The van der Waals surface area contributed by atoms with Gasteiger partial charge in [0.25, 0.3) is 5.91 Å². The number of carbonyl (C=O) groups is 2. The third-order valence-electron chi connectivity index (χ3n) is 5.32. The van der Waals surface area contributed by atoms with Crippen LogP contribution in [-0.4, -0.2) is 24.0 Å². The van der Waals surface area contributed by atoms with Crippen LogP contribution in [0.4, 0.5) is 11.4 Å². The molecule has 2 aromatic rings. The molecule has 0 radical (unpaired) electrons. The van der Waals surface area contributed by atoms with E-state index in [1.165, 1.54) is 4.90 Å². The highest BCUT2D eigenvalue weighted by Gasteiger charge is 2.59. The highest BCUT2D eigenvalue weighted by atomic mass is 16.7. The van der Waals surface area contributed by atoms with E-state index < -0.39 is 12.0 Å². The van der Waals surface area contributed by atoms with Crippen LogP contribution in [0.25, 0.3) is 0 Å². The van der Waals surface area contributed by atoms with E-state index in [2.05, 4.69) is 13.8 Å². The quantitative estimate of drug-likeness (QED) is 0.776. The van der Waals surface area contributed by atoms with Crippen molar-refractivity contribution >= 4 is 23.2 Å². The van der Waals surface area contributed by atoms with Gasteiger partial charge in [-0.2, -0.15) is 0 Å². The summed E-state index contributed by atoms with van der Waals surface area (Å²) >= 11 is 0. The number of hydroxylamine groups is 1. The predicted octanol–water partition coefficient (Wildman–Crippen LogP) is 3.72. The van der Waals surface area contributed by atoms with Crippen LogP contribution in [0.1, 0.15) is 25.8 Å². The van der Waals surface area contributed by atoms with Crippen LogP contribution in [-0.2, 0) is 14.4 Å². The second-order valence-corrected chi connectivity index (χ2v) is 7.71. The molecular formula is C22H24N2O3. The van der Waals surface area contributed by atoms with E-state index in [1.54, 1.807) is 5.06 Å². The van der Waals surface area contributed by atoms with Gasteiger partial charge in [-0.3, -0.25) is 14.4 Å². The number of fused-ring (bicyclic) bond motifs is 1. The summed E-state index contributed by atoms with van der Waals surface area (Å²) < 4.78 is 0. The van der Waals surface area contributed by atoms with Crippen LogP contribution >= 0.6 is 0 Å². The standard InChI is InChI=1S/C22H24N2O3/c1-14(2)13-18-19-20(27-24(18)16-10-5-4-6-11-16)22(26)23(21(19)25)17-12-8-7-9-15(17)3/h4-12,14,18-20H,13H2,1-3H3/t18-,19-,20+/m1/s1. The van der Waals surface area contributed by atoms with Crippen molar-refractivity contribution in [3.63, 3.8) is 0 Å². The average molecular weight is 364 g/mol. The summed E-state index contributed by atoms with van der Waals surface area (Å²) in [6, 6.07) is 17.0. The molecule has 0 bridgehead atoms. The SMILES string of the molecule is Cc1ccccc1N1C(=O)[C@H]2[C@H](ON(c3ccccc3)[C@@H]2CC(C)C)C1=O. The van der Waals surface area contributed by atoms with Gasteiger partial charge in [-0.05, 0) is 43.0 Å². The average Bonchev–Trinajstić information content (AvgIpc) is 3.13. The van der Waals surface area contributed by atoms with Crippen LogP contribution in [0, 0.1) is 18.8 Å². The second kappa shape index (κ2) is 6.82. The lowest BCUT2D eigenvalue weighted by atomic mass is 9.90. The smallest absolute Gasteiger partial charge is 0.266 e. The van der Waals surface area contributed by atoms with Gasteiger partial charge in [0.2, 0.25) is 5.91 Å². The normalized spacial score (nSPS) is 24.8. The Labute approximate surface area is 159 Å². The van der Waals surface area contributed by atoms with Crippen LogP contribution in [0.5, 0.6) is 0 Å². The Kier molecular flexibility index (Phi) is 4.48. The van der Waals surface area contributed by atoms with Crippen molar-refractivity contribution in [2.45, 2.75) is 39.3 Å². The lowest BCUT2D eigenvalue weighted by Gasteiger charge is -2.29. The van der Waals surface area contributed by atoms with Gasteiger partial charge >= 0.3 is 0 Å². The van der Waals surface area contributed by atoms with E-state index >= 15 is 0 Å². The zero-order valence-corrected chi connectivity index (χ0v) is 15.8. The first-order chi connectivity index (χ1) is 13.0. The molecule has 2 aliphatic heterocycles. The number of anilines is 2. The van der Waals surface area contributed by atoms with Gasteiger partial charge in [0.1, 0.15) is 0 Å². The number of carbonyl (C=O) groups excluding carboxylic acids is 2. The molecule has 2 saturated heterocycles. The number of imide groups is 1. The zero-order valence-electron chi connectivity index (χ0n) is 15.8. The third-order valence-corrected chi connectivity index (χ3v) is 5.32. The van der Waals surface area contributed by atoms with Gasteiger partial charge < -0.3 is 0 Å². The Hall–Kier alpha value is -2.66. The molecule has 0 unspecified atom stereocenters. The van der Waals surface area contributed by atoms with E-state index in [4.69, 9.17) is 4.84 Å². The molecule has 0 aliphatic carbocycles. The van der Waals surface area contributed by atoms with Crippen LogP contribution in [0.3, 0.4) is 0 Å². The van der Waals surface area contributed by atoms with Crippen molar-refractivity contribution in [3.05, 3.63) is 60.2 Å². The molecule has 4 rings (SSSR count). The predicted molar refractivity (Wildman–Crippen MR) is 104 cm³/mol. The molecule has 0 saturated carbocycles. The topological polar surface area (TPSA) is 49.9 Å². The summed E-state index contributed by atoms with van der Waals surface area (Å²) in [6.07, 6.45) is 0.0116. The number of rotatable bonds is 4. The Morgan fingerprint density at radius 3 is 2.30 bits per heavy atom. The van der Waals surface area contributed by atoms with E-state index in [0.717, 1.165) is 17.7 Å². The van der Waals surface area contributed by atoms with Gasteiger partial charge in [-0.1, -0.05) is 50.2 Å². The lowest BCUT2D eigenvalue weighted by molar-refractivity contribution is -0.126. The van der Waals surface area contributed by atoms with Crippen molar-refractivity contribution < 1.29 is 14.4 Å². The number of nitrogens with zero attached hydrogens (tertiary/aromatic N) is 2. The van der Waals surface area contributed by atoms with Crippen molar-refractivity contribution in [1.29, 1.82) is 0 Å². The minimum absolute atomic E-state index is 0.164. The Balaban J connectivity index is 1.71. The lowest BCUT2D eigenvalue weighted by Crippen LogP contribution is -2.41. The van der Waals surface area contributed by atoms with Gasteiger partial charge in [-0.25, -0.2) is 9.96 Å². The largest absolute Gasteiger partial charge is 0.273 e. The molecule has 3 atom stereocenters. The molecule has 2 amide bonds. The minimum atomic E-state index is -0.763. The monoisotopic (exact) mass is 364 g/mol. The Bertz CT molecular complexity index is 865. The van der Waals surface area contributed by atoms with Crippen molar-refractivity contribution in [1.82, 2.24) is 0 Å². The van der Waals surface area contributed by atoms with Crippen molar-refractivity contribution in [3.8, 4) is 0 Å². The van der Waals surface area contributed by atoms with Gasteiger partial charge in [0.05, 0.1) is 23.3 Å². The fourth-order valence-electron chi connectivity index (χ4n) is 4.10. The molecule has 27 heavy (non-hydrogen) atoms. The summed E-state index contributed by atoms with van der Waals surface area (Å²) in [4.78, 5) is 33.8. The molecule has 0 aromatic heterocycles. The van der Waals surface area contributed by atoms with Crippen LogP contribution < -0.4 is 9.96 Å². The summed E-state index contributed by atoms with van der Waals surface area (Å²) in [7, 11) is 0.